The first-order valence-electron chi connectivity index (χ1n) is 5.48. The standard InChI is InChI=1S/C12H15NO3/c1-2-6-13-7-8-16-11-9(12(14)15)4-3-5-10(11)13/h3-5H,2,6-8H2,1H3,(H,14,15). The average Bonchev–Trinajstić information content (AvgIpc) is 2.29. The van der Waals surface area contributed by atoms with Crippen molar-refractivity contribution in [1.29, 1.82) is 0 Å². The molecule has 0 unspecified atom stereocenters. The molecule has 0 aliphatic carbocycles. The van der Waals surface area contributed by atoms with E-state index in [9.17, 15) is 4.79 Å². The third-order valence-corrected chi connectivity index (χ3v) is 2.67. The van der Waals surface area contributed by atoms with Gasteiger partial charge in [-0.25, -0.2) is 4.79 Å². The van der Waals surface area contributed by atoms with Crippen LogP contribution in [0, 0.1) is 0 Å². The van der Waals surface area contributed by atoms with Gasteiger partial charge >= 0.3 is 5.97 Å². The molecular formula is C12H15NO3. The third kappa shape index (κ3) is 1.83. The lowest BCUT2D eigenvalue weighted by Gasteiger charge is -2.31. The molecule has 1 aromatic carbocycles. The van der Waals surface area contributed by atoms with Gasteiger partial charge in [0.05, 0.1) is 12.2 Å². The van der Waals surface area contributed by atoms with Crippen molar-refractivity contribution in [2.45, 2.75) is 13.3 Å². The van der Waals surface area contributed by atoms with E-state index in [1.165, 1.54) is 0 Å². The Morgan fingerprint density at radius 1 is 1.56 bits per heavy atom. The summed E-state index contributed by atoms with van der Waals surface area (Å²) in [5.74, 6) is -0.426. The summed E-state index contributed by atoms with van der Waals surface area (Å²) in [6, 6.07) is 5.26. The van der Waals surface area contributed by atoms with Gasteiger partial charge in [-0.1, -0.05) is 13.0 Å². The van der Waals surface area contributed by atoms with E-state index in [1.54, 1.807) is 12.1 Å². The summed E-state index contributed by atoms with van der Waals surface area (Å²) in [5.41, 5.74) is 1.14. The van der Waals surface area contributed by atoms with Gasteiger partial charge in [-0.15, -0.1) is 0 Å². The van der Waals surface area contributed by atoms with Crippen LogP contribution in [-0.4, -0.2) is 30.8 Å². The van der Waals surface area contributed by atoms with Gasteiger partial charge in [0.2, 0.25) is 0 Å². The predicted octanol–water partition coefficient (Wildman–Crippen LogP) is 1.99. The number of carboxylic acid groups (broad SMARTS) is 1. The molecule has 4 heteroatoms. The first-order valence-corrected chi connectivity index (χ1v) is 5.48. The van der Waals surface area contributed by atoms with E-state index in [2.05, 4.69) is 11.8 Å². The summed E-state index contributed by atoms with van der Waals surface area (Å²) in [4.78, 5) is 13.2. The van der Waals surface area contributed by atoms with Crippen LogP contribution in [-0.2, 0) is 0 Å². The van der Waals surface area contributed by atoms with E-state index in [-0.39, 0.29) is 5.56 Å². The summed E-state index contributed by atoms with van der Waals surface area (Å²) in [6.07, 6.45) is 1.04. The van der Waals surface area contributed by atoms with Crippen molar-refractivity contribution < 1.29 is 14.6 Å². The molecule has 0 bridgehead atoms. The summed E-state index contributed by atoms with van der Waals surface area (Å²) in [7, 11) is 0. The summed E-state index contributed by atoms with van der Waals surface area (Å²) in [5, 5.41) is 9.06. The van der Waals surface area contributed by atoms with Crippen LogP contribution in [0.4, 0.5) is 5.69 Å². The minimum atomic E-state index is -0.935. The topological polar surface area (TPSA) is 49.8 Å². The Balaban J connectivity index is 2.42. The average molecular weight is 221 g/mol. The number of benzene rings is 1. The van der Waals surface area contributed by atoms with Gasteiger partial charge in [0, 0.05) is 6.54 Å². The zero-order chi connectivity index (χ0) is 11.5. The van der Waals surface area contributed by atoms with Crippen molar-refractivity contribution in [2.75, 3.05) is 24.6 Å². The second-order valence-corrected chi connectivity index (χ2v) is 3.79. The number of ether oxygens (including phenoxy) is 1. The SMILES string of the molecule is CCCN1CCOc2c(C(=O)O)cccc21. The largest absolute Gasteiger partial charge is 0.489 e. The maximum absolute atomic E-state index is 11.0. The molecule has 0 saturated carbocycles. The van der Waals surface area contributed by atoms with Gasteiger partial charge in [-0.3, -0.25) is 0 Å². The second kappa shape index (κ2) is 4.43. The molecule has 0 atom stereocenters. The van der Waals surface area contributed by atoms with Gasteiger partial charge in [-0.05, 0) is 18.6 Å². The molecule has 2 rings (SSSR count). The Morgan fingerprint density at radius 3 is 3.06 bits per heavy atom. The van der Waals surface area contributed by atoms with Crippen molar-refractivity contribution in [3.63, 3.8) is 0 Å². The Labute approximate surface area is 94.4 Å². The van der Waals surface area contributed by atoms with E-state index < -0.39 is 5.97 Å². The minimum absolute atomic E-state index is 0.248. The fraction of sp³-hybridized carbons (Fsp3) is 0.417. The number of aromatic carboxylic acids is 1. The number of anilines is 1. The van der Waals surface area contributed by atoms with Crippen LogP contribution in [0.15, 0.2) is 18.2 Å². The lowest BCUT2D eigenvalue weighted by atomic mass is 10.1. The van der Waals surface area contributed by atoms with Crippen LogP contribution in [0.25, 0.3) is 0 Å². The number of hydrogen-bond acceptors (Lipinski definition) is 3. The number of nitrogens with zero attached hydrogens (tertiary/aromatic N) is 1. The van der Waals surface area contributed by atoms with Crippen LogP contribution >= 0.6 is 0 Å². The summed E-state index contributed by atoms with van der Waals surface area (Å²) >= 11 is 0. The molecule has 1 heterocycles. The first kappa shape index (κ1) is 10.8. The molecule has 0 spiro atoms. The lowest BCUT2D eigenvalue weighted by molar-refractivity contribution is 0.0692. The smallest absolute Gasteiger partial charge is 0.339 e. The maximum atomic E-state index is 11.0. The van der Waals surface area contributed by atoms with Crippen LogP contribution < -0.4 is 9.64 Å². The number of fused-ring (bicyclic) bond motifs is 1. The molecule has 0 amide bonds. The van der Waals surface area contributed by atoms with Gasteiger partial charge in [0.1, 0.15) is 12.2 Å². The molecule has 1 aliphatic heterocycles. The second-order valence-electron chi connectivity index (χ2n) is 3.79. The van der Waals surface area contributed by atoms with E-state index in [0.717, 1.165) is 25.2 Å². The van der Waals surface area contributed by atoms with Crippen LogP contribution in [0.2, 0.25) is 0 Å². The highest BCUT2D eigenvalue weighted by molar-refractivity contribution is 5.93. The fourth-order valence-electron chi connectivity index (χ4n) is 1.97. The van der Waals surface area contributed by atoms with Gasteiger partial charge in [0.25, 0.3) is 0 Å². The molecule has 16 heavy (non-hydrogen) atoms. The monoisotopic (exact) mass is 221 g/mol. The molecule has 0 radical (unpaired) electrons. The van der Waals surface area contributed by atoms with Gasteiger partial charge in [-0.2, -0.15) is 0 Å². The third-order valence-electron chi connectivity index (χ3n) is 2.67. The summed E-state index contributed by atoms with van der Waals surface area (Å²) < 4.78 is 5.47. The highest BCUT2D eigenvalue weighted by Crippen LogP contribution is 2.34. The minimum Gasteiger partial charge on any atom is -0.489 e. The molecule has 0 aromatic heterocycles. The normalized spacial score (nSPS) is 14.2. The highest BCUT2D eigenvalue weighted by Gasteiger charge is 2.22. The quantitative estimate of drug-likeness (QED) is 0.848. The zero-order valence-electron chi connectivity index (χ0n) is 9.27. The Bertz CT molecular complexity index is 403. The van der Waals surface area contributed by atoms with Crippen LogP contribution in [0.1, 0.15) is 23.7 Å². The first-order chi connectivity index (χ1) is 7.74. The van der Waals surface area contributed by atoms with E-state index in [4.69, 9.17) is 9.84 Å². The van der Waals surface area contributed by atoms with Crippen molar-refractivity contribution in [3.05, 3.63) is 23.8 Å². The molecular weight excluding hydrogens is 206 g/mol. The Morgan fingerprint density at radius 2 is 2.38 bits per heavy atom. The lowest BCUT2D eigenvalue weighted by Crippen LogP contribution is -2.33. The number of carboxylic acids is 1. The van der Waals surface area contributed by atoms with Crippen molar-refractivity contribution in [2.24, 2.45) is 0 Å². The Hall–Kier alpha value is -1.71. The van der Waals surface area contributed by atoms with Crippen LogP contribution in [0.3, 0.4) is 0 Å². The molecule has 0 fully saturated rings. The number of hydrogen-bond donors (Lipinski definition) is 1. The Kier molecular flexibility index (Phi) is 2.99. The van der Waals surface area contributed by atoms with Gasteiger partial charge in [0.15, 0.2) is 5.75 Å². The molecule has 1 aromatic rings. The van der Waals surface area contributed by atoms with Gasteiger partial charge < -0.3 is 14.7 Å². The van der Waals surface area contributed by atoms with Crippen molar-refractivity contribution >= 4 is 11.7 Å². The fourth-order valence-corrected chi connectivity index (χ4v) is 1.97. The number of carbonyl (C=O) groups is 1. The van der Waals surface area contributed by atoms with E-state index in [1.807, 2.05) is 6.07 Å². The van der Waals surface area contributed by atoms with Crippen molar-refractivity contribution in [1.82, 2.24) is 0 Å². The molecule has 4 nitrogen and oxygen atoms in total. The van der Waals surface area contributed by atoms with E-state index >= 15 is 0 Å². The van der Waals surface area contributed by atoms with Crippen LogP contribution in [0.5, 0.6) is 5.75 Å². The maximum Gasteiger partial charge on any atom is 0.339 e. The van der Waals surface area contributed by atoms with E-state index in [0.29, 0.717) is 12.4 Å². The molecule has 86 valence electrons. The molecule has 1 aliphatic rings. The molecule has 1 N–H and O–H groups in total. The highest BCUT2D eigenvalue weighted by atomic mass is 16.5. The number of para-hydroxylation sites is 1. The predicted molar refractivity (Wildman–Crippen MR) is 61.4 cm³/mol. The number of rotatable bonds is 3. The molecule has 0 saturated heterocycles. The summed E-state index contributed by atoms with van der Waals surface area (Å²) in [6.45, 7) is 4.41. The van der Waals surface area contributed by atoms with Crippen molar-refractivity contribution in [3.8, 4) is 5.75 Å². The zero-order valence-corrected chi connectivity index (χ0v) is 9.27.